The highest BCUT2D eigenvalue weighted by Crippen LogP contribution is 2.31. The molecular formula is C30H31N3O4S. The molecule has 0 aliphatic heterocycles. The zero-order valence-corrected chi connectivity index (χ0v) is 22.4. The van der Waals surface area contributed by atoms with Crippen LogP contribution in [0.25, 0.3) is 0 Å². The fraction of sp³-hybridized carbons (Fsp3) is 0.267. The average molecular weight is 530 g/mol. The van der Waals surface area contributed by atoms with Crippen molar-refractivity contribution >= 4 is 15.7 Å². The summed E-state index contributed by atoms with van der Waals surface area (Å²) in [5.74, 6) is 0.450. The number of hydrogen-bond donors (Lipinski definition) is 0. The van der Waals surface area contributed by atoms with Crippen molar-refractivity contribution in [2.75, 3.05) is 7.11 Å². The first-order chi connectivity index (χ1) is 18.3. The second-order valence-electron chi connectivity index (χ2n) is 9.74. The molecule has 1 saturated carbocycles. The number of amides is 1. The number of carbonyl (C=O) groups is 1. The molecule has 1 fully saturated rings. The van der Waals surface area contributed by atoms with Crippen molar-refractivity contribution < 1.29 is 17.9 Å². The molecule has 0 spiro atoms. The van der Waals surface area contributed by atoms with E-state index in [4.69, 9.17) is 4.74 Å². The average Bonchev–Trinajstić information content (AvgIpc) is 3.69. The Hall–Kier alpha value is -3.91. The third-order valence-electron chi connectivity index (χ3n) is 6.76. The SMILES string of the molecule is COc1ccc(C(=O)N(Cc2cnc(S(=O)(=O)Cc3ccc(C)cc3)n2Cc2ccccc2)C2CC2)cc1. The van der Waals surface area contributed by atoms with Crippen LogP contribution in [0.15, 0.2) is 90.2 Å². The van der Waals surface area contributed by atoms with E-state index in [1.807, 2.05) is 66.4 Å². The van der Waals surface area contributed by atoms with Gasteiger partial charge in [-0.1, -0.05) is 60.2 Å². The summed E-state index contributed by atoms with van der Waals surface area (Å²) < 4.78 is 34.1. The molecule has 7 nitrogen and oxygen atoms in total. The fourth-order valence-electron chi connectivity index (χ4n) is 4.50. The first-order valence-corrected chi connectivity index (χ1v) is 14.3. The van der Waals surface area contributed by atoms with Crippen molar-refractivity contribution in [2.24, 2.45) is 0 Å². The Morgan fingerprint density at radius 2 is 1.66 bits per heavy atom. The van der Waals surface area contributed by atoms with Crippen LogP contribution in [0.1, 0.15) is 45.6 Å². The zero-order valence-electron chi connectivity index (χ0n) is 21.6. The largest absolute Gasteiger partial charge is 0.497 e. The molecule has 0 atom stereocenters. The van der Waals surface area contributed by atoms with Gasteiger partial charge in [-0.05, 0) is 55.2 Å². The molecule has 0 bridgehead atoms. The lowest BCUT2D eigenvalue weighted by atomic mass is 10.1. The van der Waals surface area contributed by atoms with Gasteiger partial charge in [-0.25, -0.2) is 13.4 Å². The summed E-state index contributed by atoms with van der Waals surface area (Å²) in [5.41, 5.74) is 3.99. The maximum atomic E-state index is 13.6. The molecule has 8 heteroatoms. The molecule has 0 saturated heterocycles. The first-order valence-electron chi connectivity index (χ1n) is 12.7. The number of sulfone groups is 1. The van der Waals surface area contributed by atoms with Crippen molar-refractivity contribution in [3.63, 3.8) is 0 Å². The van der Waals surface area contributed by atoms with Gasteiger partial charge in [-0.2, -0.15) is 0 Å². The van der Waals surface area contributed by atoms with Crippen LogP contribution in [0.3, 0.4) is 0 Å². The van der Waals surface area contributed by atoms with E-state index in [0.717, 1.165) is 24.0 Å². The summed E-state index contributed by atoms with van der Waals surface area (Å²) in [5, 5.41) is 0.0181. The highest BCUT2D eigenvalue weighted by Gasteiger charge is 2.34. The van der Waals surface area contributed by atoms with Crippen LogP contribution >= 0.6 is 0 Å². The monoisotopic (exact) mass is 529 g/mol. The van der Waals surface area contributed by atoms with E-state index in [-0.39, 0.29) is 29.4 Å². The van der Waals surface area contributed by atoms with Crippen LogP contribution in [0, 0.1) is 6.92 Å². The van der Waals surface area contributed by atoms with Crippen LogP contribution in [-0.2, 0) is 28.7 Å². The molecule has 5 rings (SSSR count). The second-order valence-corrected chi connectivity index (χ2v) is 11.6. The summed E-state index contributed by atoms with van der Waals surface area (Å²) in [6, 6.07) is 24.4. The number of aromatic nitrogens is 2. The number of rotatable bonds is 10. The number of aryl methyl sites for hydroxylation is 1. The lowest BCUT2D eigenvalue weighted by Crippen LogP contribution is -2.33. The summed E-state index contributed by atoms with van der Waals surface area (Å²) in [4.78, 5) is 19.7. The summed E-state index contributed by atoms with van der Waals surface area (Å²) in [6.07, 6.45) is 3.45. The molecule has 0 radical (unpaired) electrons. The summed E-state index contributed by atoms with van der Waals surface area (Å²) in [7, 11) is -2.15. The van der Waals surface area contributed by atoms with Crippen LogP contribution < -0.4 is 4.74 Å². The molecule has 38 heavy (non-hydrogen) atoms. The molecular weight excluding hydrogens is 498 g/mol. The Morgan fingerprint density at radius 3 is 2.29 bits per heavy atom. The Labute approximate surface area is 223 Å². The summed E-state index contributed by atoms with van der Waals surface area (Å²) >= 11 is 0. The normalized spacial score (nSPS) is 13.3. The fourth-order valence-corrected chi connectivity index (χ4v) is 5.99. The van der Waals surface area contributed by atoms with E-state index in [1.165, 1.54) is 0 Å². The molecule has 1 amide bonds. The molecule has 4 aromatic rings. The zero-order chi connectivity index (χ0) is 26.7. The van der Waals surface area contributed by atoms with Gasteiger partial charge in [0, 0.05) is 11.6 Å². The van der Waals surface area contributed by atoms with E-state index in [0.29, 0.717) is 29.1 Å². The van der Waals surface area contributed by atoms with Gasteiger partial charge in [0.05, 0.1) is 37.8 Å². The molecule has 0 N–H and O–H groups in total. The third-order valence-corrected chi connectivity index (χ3v) is 8.35. The minimum Gasteiger partial charge on any atom is -0.497 e. The van der Waals surface area contributed by atoms with Crippen molar-refractivity contribution in [1.82, 2.24) is 14.5 Å². The number of benzene rings is 3. The molecule has 1 aliphatic carbocycles. The van der Waals surface area contributed by atoms with E-state index < -0.39 is 9.84 Å². The van der Waals surface area contributed by atoms with Gasteiger partial charge < -0.3 is 14.2 Å². The maximum Gasteiger partial charge on any atom is 0.254 e. The second kappa shape index (κ2) is 10.8. The Balaban J connectivity index is 1.48. The lowest BCUT2D eigenvalue weighted by Gasteiger charge is -2.24. The van der Waals surface area contributed by atoms with Crippen molar-refractivity contribution in [3.8, 4) is 5.75 Å². The molecule has 3 aromatic carbocycles. The van der Waals surface area contributed by atoms with Gasteiger partial charge in [-0.15, -0.1) is 0 Å². The van der Waals surface area contributed by atoms with Crippen LogP contribution in [0.2, 0.25) is 0 Å². The van der Waals surface area contributed by atoms with Gasteiger partial charge >= 0.3 is 0 Å². The number of methoxy groups -OCH3 is 1. The van der Waals surface area contributed by atoms with Gasteiger partial charge in [0.1, 0.15) is 5.75 Å². The predicted molar refractivity (Wildman–Crippen MR) is 146 cm³/mol. The van der Waals surface area contributed by atoms with Gasteiger partial charge in [0.2, 0.25) is 15.0 Å². The standard InChI is InChI=1S/C30H31N3O4S/c1-22-8-10-24(11-9-22)21-38(35,36)30-31-18-27(33(30)19-23-6-4-3-5-7-23)20-32(26-14-15-26)29(34)25-12-16-28(37-2)17-13-25/h3-13,16-18,26H,14-15,19-21H2,1-2H3. The van der Waals surface area contributed by atoms with Crippen molar-refractivity contribution in [2.45, 2.75) is 49.8 Å². The van der Waals surface area contributed by atoms with Crippen LogP contribution in [-0.4, -0.2) is 41.9 Å². The highest BCUT2D eigenvalue weighted by atomic mass is 32.2. The van der Waals surface area contributed by atoms with Crippen molar-refractivity contribution in [1.29, 1.82) is 0 Å². The number of nitrogens with zero attached hydrogens (tertiary/aromatic N) is 3. The van der Waals surface area contributed by atoms with E-state index in [1.54, 1.807) is 42.1 Å². The van der Waals surface area contributed by atoms with E-state index >= 15 is 0 Å². The minimum absolute atomic E-state index is 0.0181. The quantitative estimate of drug-likeness (QED) is 0.288. The minimum atomic E-state index is -3.74. The molecule has 1 aliphatic rings. The number of imidazole rings is 1. The Kier molecular flexibility index (Phi) is 7.33. The highest BCUT2D eigenvalue weighted by molar-refractivity contribution is 7.90. The maximum absolute atomic E-state index is 13.6. The van der Waals surface area contributed by atoms with Gasteiger partial charge in [0.15, 0.2) is 0 Å². The molecule has 196 valence electrons. The van der Waals surface area contributed by atoms with Crippen LogP contribution in [0.5, 0.6) is 5.75 Å². The third kappa shape index (κ3) is 5.81. The number of ether oxygens (including phenoxy) is 1. The molecule has 0 unspecified atom stereocenters. The number of hydrogen-bond acceptors (Lipinski definition) is 5. The molecule has 1 aromatic heterocycles. The van der Waals surface area contributed by atoms with E-state index in [2.05, 4.69) is 4.98 Å². The number of carbonyl (C=O) groups excluding carboxylic acids is 1. The van der Waals surface area contributed by atoms with Gasteiger partial charge in [0.25, 0.3) is 5.91 Å². The lowest BCUT2D eigenvalue weighted by molar-refractivity contribution is 0.0725. The Bertz CT molecular complexity index is 1510. The van der Waals surface area contributed by atoms with Crippen LogP contribution in [0.4, 0.5) is 0 Å². The van der Waals surface area contributed by atoms with Crippen molar-refractivity contribution in [3.05, 3.63) is 113 Å². The van der Waals surface area contributed by atoms with E-state index in [9.17, 15) is 13.2 Å². The smallest absolute Gasteiger partial charge is 0.254 e. The molecule has 1 heterocycles. The topological polar surface area (TPSA) is 81.5 Å². The predicted octanol–water partition coefficient (Wildman–Crippen LogP) is 5.03. The van der Waals surface area contributed by atoms with Gasteiger partial charge in [-0.3, -0.25) is 4.79 Å². The summed E-state index contributed by atoms with van der Waals surface area (Å²) in [6.45, 7) is 2.58. The Morgan fingerprint density at radius 1 is 0.974 bits per heavy atom. The first kappa shape index (κ1) is 25.7.